The number of carbonyl (C=O) groups is 1. The molecule has 0 bridgehead atoms. The van der Waals surface area contributed by atoms with Gasteiger partial charge >= 0.3 is 13.5 Å². The lowest BCUT2D eigenvalue weighted by molar-refractivity contribution is -0.142. The molecule has 2 aromatic rings. The molecule has 0 aliphatic heterocycles. The Morgan fingerprint density at radius 3 is 2.40 bits per heavy atom. The molecule has 0 saturated heterocycles. The number of carboxylic acid groups (broad SMARTS) is 1. The number of nitrogens with two attached hydrogens (primary N) is 1. The van der Waals surface area contributed by atoms with Gasteiger partial charge in [-0.2, -0.15) is 0 Å². The van der Waals surface area contributed by atoms with E-state index in [-0.39, 0.29) is 12.2 Å². The van der Waals surface area contributed by atoms with E-state index in [0.29, 0.717) is 42.4 Å². The molecule has 0 saturated carbocycles. The Balaban J connectivity index is 2.19. The average Bonchev–Trinajstić information content (AvgIpc) is 3.14. The Hall–Kier alpha value is -2.56. The van der Waals surface area contributed by atoms with Crippen LogP contribution in [0.3, 0.4) is 0 Å². The van der Waals surface area contributed by atoms with E-state index < -0.39 is 25.1 Å². The highest BCUT2D eigenvalue weighted by molar-refractivity contribution is 7.56. The molecule has 2 aromatic heterocycles. The summed E-state index contributed by atoms with van der Waals surface area (Å²) in [7, 11) is -3.85. The summed E-state index contributed by atoms with van der Waals surface area (Å²) in [4.78, 5) is 24.0. The third-order valence-corrected chi connectivity index (χ3v) is 6.72. The maximum atomic E-state index is 13.7. The molecule has 0 aliphatic carbocycles. The van der Waals surface area contributed by atoms with Crippen molar-refractivity contribution in [3.63, 3.8) is 0 Å². The third kappa shape index (κ3) is 8.55. The fourth-order valence-corrected chi connectivity index (χ4v) is 5.16. The number of nitrogens with zero attached hydrogens (tertiary/aromatic N) is 5. The normalized spacial score (nSPS) is 14.8. The number of hydrogen-bond donors (Lipinski definition) is 3. The van der Waals surface area contributed by atoms with Crippen LogP contribution in [0, 0.1) is 11.8 Å². The number of oxime groups is 1. The fraction of sp³-hybridized carbons (Fsp3) is 0.682. The molecule has 0 fully saturated rings. The van der Waals surface area contributed by atoms with Crippen LogP contribution in [-0.4, -0.2) is 54.3 Å². The maximum absolute atomic E-state index is 13.7. The molecule has 2 atom stereocenters. The van der Waals surface area contributed by atoms with Gasteiger partial charge in [0.15, 0.2) is 11.5 Å². The van der Waals surface area contributed by atoms with Crippen LogP contribution in [0.2, 0.25) is 0 Å². The number of hydrogen-bond acceptors (Lipinski definition) is 9. The highest BCUT2D eigenvalue weighted by atomic mass is 31.2. The summed E-state index contributed by atoms with van der Waals surface area (Å²) in [5.74, 6) is -0.238. The van der Waals surface area contributed by atoms with Crippen LogP contribution in [0.4, 0.5) is 5.82 Å². The number of rotatable bonds is 14. The van der Waals surface area contributed by atoms with E-state index in [0.717, 1.165) is 5.71 Å². The van der Waals surface area contributed by atoms with Gasteiger partial charge in [0.1, 0.15) is 23.7 Å². The van der Waals surface area contributed by atoms with Gasteiger partial charge in [-0.3, -0.25) is 9.36 Å². The van der Waals surface area contributed by atoms with Crippen molar-refractivity contribution in [3.8, 4) is 0 Å². The van der Waals surface area contributed by atoms with Crippen molar-refractivity contribution in [1.82, 2.24) is 24.6 Å². The van der Waals surface area contributed by atoms with E-state index in [1.54, 1.807) is 17.8 Å². The molecule has 13 heteroatoms. The van der Waals surface area contributed by atoms with Gasteiger partial charge in [0.25, 0.3) is 0 Å². The van der Waals surface area contributed by atoms with Crippen LogP contribution in [0.25, 0.3) is 11.2 Å². The number of ether oxygens (including phenoxy) is 1. The van der Waals surface area contributed by atoms with Crippen molar-refractivity contribution in [2.75, 3.05) is 12.1 Å². The number of fused-ring (bicyclic) bond motifs is 1. The minimum atomic E-state index is -3.85. The second-order valence-corrected chi connectivity index (χ2v) is 12.1. The average molecular weight is 512 g/mol. The zero-order valence-corrected chi connectivity index (χ0v) is 22.5. The third-order valence-electron chi connectivity index (χ3n) is 4.99. The second kappa shape index (κ2) is 11.9. The van der Waals surface area contributed by atoms with Gasteiger partial charge in [-0.15, -0.1) is 0 Å². The van der Waals surface area contributed by atoms with Gasteiger partial charge in [0.2, 0.25) is 0 Å². The van der Waals surface area contributed by atoms with Crippen molar-refractivity contribution in [2.45, 2.75) is 79.5 Å². The van der Waals surface area contributed by atoms with Crippen molar-refractivity contribution in [1.29, 1.82) is 0 Å². The summed E-state index contributed by atoms with van der Waals surface area (Å²) in [6.07, 6.45) is 3.46. The summed E-state index contributed by atoms with van der Waals surface area (Å²) in [5.41, 5.74) is 6.11. The minimum Gasteiger partial charge on any atom is -0.480 e. The SMILES string of the molecule is CC(C)CC(CC(C)C)=NOP(=O)(CO[C@@H](C)Cn1cnc2c(N)ncnc21)NC(C)(C)C(=O)O. The molecule has 196 valence electrons. The highest BCUT2D eigenvalue weighted by Gasteiger charge is 2.38. The van der Waals surface area contributed by atoms with Gasteiger partial charge in [0, 0.05) is 0 Å². The van der Waals surface area contributed by atoms with Crippen LogP contribution in [-0.2, 0) is 25.3 Å². The summed E-state index contributed by atoms with van der Waals surface area (Å²) >= 11 is 0. The Bertz CT molecular complexity index is 1070. The molecule has 0 aromatic carbocycles. The van der Waals surface area contributed by atoms with Gasteiger partial charge in [-0.05, 0) is 45.4 Å². The van der Waals surface area contributed by atoms with E-state index >= 15 is 0 Å². The van der Waals surface area contributed by atoms with Crippen molar-refractivity contribution in [3.05, 3.63) is 12.7 Å². The lowest BCUT2D eigenvalue weighted by Gasteiger charge is -2.27. The molecule has 12 nitrogen and oxygen atoms in total. The van der Waals surface area contributed by atoms with Gasteiger partial charge in [-0.1, -0.05) is 32.9 Å². The second-order valence-electron chi connectivity index (χ2n) is 10.1. The summed E-state index contributed by atoms with van der Waals surface area (Å²) in [6, 6.07) is 0. The highest BCUT2D eigenvalue weighted by Crippen LogP contribution is 2.45. The Morgan fingerprint density at radius 1 is 1.20 bits per heavy atom. The quantitative estimate of drug-likeness (QED) is 0.192. The van der Waals surface area contributed by atoms with Crippen LogP contribution < -0.4 is 10.8 Å². The fourth-order valence-electron chi connectivity index (χ4n) is 3.36. The number of aromatic nitrogens is 4. The molecule has 0 amide bonds. The minimum absolute atomic E-state index is 0.275. The van der Waals surface area contributed by atoms with Crippen LogP contribution in [0.5, 0.6) is 0 Å². The number of nitrogens with one attached hydrogen (secondary N) is 1. The Morgan fingerprint density at radius 2 is 1.83 bits per heavy atom. The van der Waals surface area contributed by atoms with E-state index in [2.05, 4.69) is 52.9 Å². The zero-order valence-electron chi connectivity index (χ0n) is 21.6. The predicted molar refractivity (Wildman–Crippen MR) is 135 cm³/mol. The molecule has 0 aliphatic rings. The van der Waals surface area contributed by atoms with Crippen molar-refractivity contribution < 1.29 is 23.8 Å². The van der Waals surface area contributed by atoms with Crippen LogP contribution in [0.15, 0.2) is 17.8 Å². The zero-order chi connectivity index (χ0) is 26.4. The number of nitrogen functional groups attached to an aromatic ring is 1. The first-order valence-corrected chi connectivity index (χ1v) is 13.4. The summed E-state index contributed by atoms with van der Waals surface area (Å²) < 4.78 is 26.8. The van der Waals surface area contributed by atoms with Crippen LogP contribution in [0.1, 0.15) is 61.3 Å². The van der Waals surface area contributed by atoms with E-state index in [1.807, 2.05) is 0 Å². The standard InChI is InChI=1S/C22H38N7O5P/c1-14(2)8-17(9-15(3)4)27-34-35(32,28-22(6,7)21(30)31)13-33-16(5)10-29-12-26-18-19(23)24-11-25-20(18)29/h11-12,14-16H,8-10,13H2,1-7H3,(H,28,32)(H,30,31)(H2,23,24,25)/t16-,35?/m0/s1. The predicted octanol–water partition coefficient (Wildman–Crippen LogP) is 3.88. The summed E-state index contributed by atoms with van der Waals surface area (Å²) in [6.45, 7) is 13.2. The monoisotopic (exact) mass is 511 g/mol. The smallest absolute Gasteiger partial charge is 0.365 e. The molecule has 0 spiro atoms. The number of aliphatic carboxylic acids is 1. The van der Waals surface area contributed by atoms with Crippen molar-refractivity contribution >= 4 is 36.2 Å². The molecule has 0 radical (unpaired) electrons. The lowest BCUT2D eigenvalue weighted by atomic mass is 9.99. The first-order valence-electron chi connectivity index (χ1n) is 11.6. The van der Waals surface area contributed by atoms with Gasteiger partial charge in [0.05, 0.1) is 24.7 Å². The van der Waals surface area contributed by atoms with Gasteiger partial charge < -0.3 is 24.8 Å². The number of carboxylic acids is 1. The molecule has 1 unspecified atom stereocenters. The van der Waals surface area contributed by atoms with E-state index in [1.165, 1.54) is 20.2 Å². The van der Waals surface area contributed by atoms with Crippen molar-refractivity contribution in [2.24, 2.45) is 17.0 Å². The maximum Gasteiger partial charge on any atom is 0.365 e. The molecule has 2 rings (SSSR count). The molecular weight excluding hydrogens is 473 g/mol. The Kier molecular flexibility index (Phi) is 9.76. The number of imidazole rings is 1. The lowest BCUT2D eigenvalue weighted by Crippen LogP contribution is -2.45. The molecule has 35 heavy (non-hydrogen) atoms. The molecule has 2 heterocycles. The van der Waals surface area contributed by atoms with Crippen LogP contribution >= 0.6 is 7.52 Å². The van der Waals surface area contributed by atoms with E-state index in [4.69, 9.17) is 15.1 Å². The largest absolute Gasteiger partial charge is 0.480 e. The molecule has 4 N–H and O–H groups in total. The first-order chi connectivity index (χ1) is 16.2. The summed E-state index contributed by atoms with van der Waals surface area (Å²) in [5, 5.41) is 16.4. The van der Waals surface area contributed by atoms with Gasteiger partial charge in [-0.25, -0.2) is 20.0 Å². The number of anilines is 1. The molecular formula is C22H38N7O5P. The first kappa shape index (κ1) is 28.7. The van der Waals surface area contributed by atoms with E-state index in [9.17, 15) is 14.5 Å². The Labute approximate surface area is 206 Å². The topological polar surface area (TPSA) is 167 Å².